The standard InChI is InChI=1S/C5H10ClF/c1-2-5(6)3-4-7/h5H,2-4H2,1H3. The van der Waals surface area contributed by atoms with Crippen LogP contribution < -0.4 is 0 Å². The molecule has 0 fully saturated rings. The van der Waals surface area contributed by atoms with Gasteiger partial charge < -0.3 is 0 Å². The first-order valence-corrected chi connectivity index (χ1v) is 2.95. The Labute approximate surface area is 48.7 Å². The highest BCUT2D eigenvalue weighted by atomic mass is 35.5. The molecule has 0 heterocycles. The topological polar surface area (TPSA) is 0 Å². The number of hydrogen-bond donors (Lipinski definition) is 0. The van der Waals surface area contributed by atoms with Crippen LogP contribution in [0.15, 0.2) is 0 Å². The van der Waals surface area contributed by atoms with Gasteiger partial charge in [-0.25, -0.2) is 0 Å². The lowest BCUT2D eigenvalue weighted by molar-refractivity contribution is 0.463. The van der Waals surface area contributed by atoms with E-state index in [1.165, 1.54) is 0 Å². The maximum atomic E-state index is 11.3. The van der Waals surface area contributed by atoms with Gasteiger partial charge in [-0.05, 0) is 12.8 Å². The summed E-state index contributed by atoms with van der Waals surface area (Å²) in [7, 11) is 0. The van der Waals surface area contributed by atoms with Crippen molar-refractivity contribution in [3.63, 3.8) is 0 Å². The van der Waals surface area contributed by atoms with Crippen LogP contribution in [0.25, 0.3) is 0 Å². The van der Waals surface area contributed by atoms with Gasteiger partial charge in [-0.3, -0.25) is 4.39 Å². The molecule has 2 heteroatoms. The van der Waals surface area contributed by atoms with Crippen molar-refractivity contribution in [2.75, 3.05) is 6.67 Å². The first-order chi connectivity index (χ1) is 3.31. The second-order valence-corrected chi connectivity index (χ2v) is 2.10. The highest BCUT2D eigenvalue weighted by Gasteiger charge is 1.97. The van der Waals surface area contributed by atoms with Crippen LogP contribution in [0.1, 0.15) is 19.8 Å². The molecule has 0 aromatic carbocycles. The monoisotopic (exact) mass is 124 g/mol. The first-order valence-electron chi connectivity index (χ1n) is 2.51. The minimum Gasteiger partial charge on any atom is -0.251 e. The number of hydrogen-bond acceptors (Lipinski definition) is 0. The molecule has 0 N–H and O–H groups in total. The Balaban J connectivity index is 2.83. The number of alkyl halides is 2. The normalized spacial score (nSPS) is 14.1. The molecule has 0 aromatic heterocycles. The summed E-state index contributed by atoms with van der Waals surface area (Å²) in [6.45, 7) is 1.66. The maximum Gasteiger partial charge on any atom is 0.0908 e. The first kappa shape index (κ1) is 7.22. The molecule has 0 rings (SSSR count). The third-order valence-corrected chi connectivity index (χ3v) is 1.39. The Hall–Kier alpha value is 0.220. The van der Waals surface area contributed by atoms with Gasteiger partial charge >= 0.3 is 0 Å². The van der Waals surface area contributed by atoms with Crippen LogP contribution in [0.3, 0.4) is 0 Å². The lowest BCUT2D eigenvalue weighted by atomic mass is 10.3. The van der Waals surface area contributed by atoms with Gasteiger partial charge in [0.15, 0.2) is 0 Å². The van der Waals surface area contributed by atoms with Crippen molar-refractivity contribution in [3.8, 4) is 0 Å². The van der Waals surface area contributed by atoms with E-state index in [2.05, 4.69) is 0 Å². The molecule has 0 spiro atoms. The van der Waals surface area contributed by atoms with Gasteiger partial charge in [0.25, 0.3) is 0 Å². The molecule has 0 amide bonds. The van der Waals surface area contributed by atoms with E-state index in [1.807, 2.05) is 6.92 Å². The van der Waals surface area contributed by atoms with Gasteiger partial charge in [-0.15, -0.1) is 11.6 Å². The SMILES string of the molecule is CCC(Cl)CCF. The smallest absolute Gasteiger partial charge is 0.0908 e. The summed E-state index contributed by atoms with van der Waals surface area (Å²) in [6.07, 6.45) is 1.36. The van der Waals surface area contributed by atoms with Crippen LogP contribution >= 0.6 is 11.6 Å². The van der Waals surface area contributed by atoms with E-state index in [1.54, 1.807) is 0 Å². The van der Waals surface area contributed by atoms with Crippen LogP contribution in [0, 0.1) is 0 Å². The second kappa shape index (κ2) is 4.38. The van der Waals surface area contributed by atoms with Crippen molar-refractivity contribution >= 4 is 11.6 Å². The molecule has 7 heavy (non-hydrogen) atoms. The van der Waals surface area contributed by atoms with Crippen molar-refractivity contribution in [2.45, 2.75) is 25.1 Å². The molecule has 1 atom stereocenters. The fourth-order valence-corrected chi connectivity index (χ4v) is 0.405. The summed E-state index contributed by atoms with van der Waals surface area (Å²) in [5.74, 6) is 0. The van der Waals surface area contributed by atoms with Crippen molar-refractivity contribution < 1.29 is 4.39 Å². The molecule has 0 nitrogen and oxygen atoms in total. The lowest BCUT2D eigenvalue weighted by Crippen LogP contribution is -1.95. The van der Waals surface area contributed by atoms with E-state index in [0.717, 1.165) is 6.42 Å². The lowest BCUT2D eigenvalue weighted by Gasteiger charge is -1.98. The average molecular weight is 125 g/mol. The van der Waals surface area contributed by atoms with E-state index in [4.69, 9.17) is 11.6 Å². The van der Waals surface area contributed by atoms with Crippen LogP contribution in [0.5, 0.6) is 0 Å². The molecule has 0 saturated carbocycles. The average Bonchev–Trinajstić information content (AvgIpc) is 1.68. The van der Waals surface area contributed by atoms with Crippen molar-refractivity contribution in [3.05, 3.63) is 0 Å². The fraction of sp³-hybridized carbons (Fsp3) is 1.00. The van der Waals surface area contributed by atoms with E-state index in [0.29, 0.717) is 6.42 Å². The minimum absolute atomic E-state index is 0.0463. The van der Waals surface area contributed by atoms with Gasteiger partial charge in [0.05, 0.1) is 6.67 Å². The van der Waals surface area contributed by atoms with E-state index >= 15 is 0 Å². The summed E-state index contributed by atoms with van der Waals surface area (Å²) in [4.78, 5) is 0. The molecule has 0 saturated heterocycles. The number of rotatable bonds is 3. The van der Waals surface area contributed by atoms with E-state index in [-0.39, 0.29) is 12.1 Å². The zero-order chi connectivity index (χ0) is 5.70. The molecule has 0 aliphatic heterocycles. The Morgan fingerprint density at radius 3 is 2.43 bits per heavy atom. The van der Waals surface area contributed by atoms with Crippen molar-refractivity contribution in [2.24, 2.45) is 0 Å². The van der Waals surface area contributed by atoms with Gasteiger partial charge in [0.2, 0.25) is 0 Å². The molecule has 0 aromatic rings. The van der Waals surface area contributed by atoms with Crippen LogP contribution in [0.2, 0.25) is 0 Å². The third-order valence-electron chi connectivity index (χ3n) is 0.865. The largest absolute Gasteiger partial charge is 0.251 e. The van der Waals surface area contributed by atoms with Gasteiger partial charge in [0, 0.05) is 5.38 Å². The molecule has 0 radical (unpaired) electrons. The van der Waals surface area contributed by atoms with E-state index in [9.17, 15) is 4.39 Å². The van der Waals surface area contributed by atoms with Crippen molar-refractivity contribution in [1.82, 2.24) is 0 Å². The summed E-state index contributed by atoms with van der Waals surface area (Å²) in [6, 6.07) is 0. The molecular weight excluding hydrogens is 115 g/mol. The minimum atomic E-state index is -0.290. The Kier molecular flexibility index (Phi) is 4.52. The predicted molar refractivity (Wildman–Crippen MR) is 30.5 cm³/mol. The molecular formula is C5H10ClF. The van der Waals surface area contributed by atoms with Crippen molar-refractivity contribution in [1.29, 1.82) is 0 Å². The zero-order valence-electron chi connectivity index (χ0n) is 4.45. The summed E-state index contributed by atoms with van der Waals surface area (Å²) < 4.78 is 11.3. The maximum absolute atomic E-state index is 11.3. The molecule has 0 aliphatic carbocycles. The van der Waals surface area contributed by atoms with Gasteiger partial charge in [0.1, 0.15) is 0 Å². The van der Waals surface area contributed by atoms with E-state index < -0.39 is 0 Å². The molecule has 0 bridgehead atoms. The summed E-state index contributed by atoms with van der Waals surface area (Å²) in [5, 5.41) is 0.0463. The highest BCUT2D eigenvalue weighted by molar-refractivity contribution is 6.20. The highest BCUT2D eigenvalue weighted by Crippen LogP contribution is 2.05. The van der Waals surface area contributed by atoms with Crippen LogP contribution in [-0.4, -0.2) is 12.1 Å². The van der Waals surface area contributed by atoms with Crippen LogP contribution in [0.4, 0.5) is 4.39 Å². The summed E-state index contributed by atoms with van der Waals surface area (Å²) in [5.41, 5.74) is 0. The predicted octanol–water partition coefficient (Wildman–Crippen LogP) is 2.36. The fourth-order valence-electron chi connectivity index (χ4n) is 0.323. The molecule has 0 aliphatic rings. The van der Waals surface area contributed by atoms with Gasteiger partial charge in [-0.2, -0.15) is 0 Å². The Morgan fingerprint density at radius 2 is 2.29 bits per heavy atom. The second-order valence-electron chi connectivity index (χ2n) is 1.48. The Bertz CT molecular complexity index is 39.1. The van der Waals surface area contributed by atoms with Crippen LogP contribution in [-0.2, 0) is 0 Å². The third kappa shape index (κ3) is 4.07. The molecule has 44 valence electrons. The Morgan fingerprint density at radius 1 is 1.71 bits per heavy atom. The number of halogens is 2. The molecule has 1 unspecified atom stereocenters. The zero-order valence-corrected chi connectivity index (χ0v) is 5.21. The summed E-state index contributed by atoms with van der Waals surface area (Å²) >= 11 is 5.53. The quantitative estimate of drug-likeness (QED) is 0.507. The van der Waals surface area contributed by atoms with Gasteiger partial charge in [-0.1, -0.05) is 6.92 Å².